The molecule has 0 spiro atoms. The molecule has 3 aromatic rings. The number of ether oxygens (including phenoxy) is 1. The summed E-state index contributed by atoms with van der Waals surface area (Å²) < 4.78 is 19.2. The minimum atomic E-state index is -1.49. The first-order valence-corrected chi connectivity index (χ1v) is 18.8. The summed E-state index contributed by atoms with van der Waals surface area (Å²) in [6.45, 7) is 5.00. The van der Waals surface area contributed by atoms with Gasteiger partial charge in [0.1, 0.15) is 35.7 Å². The Morgan fingerprint density at radius 1 is 0.776 bits per heavy atom. The van der Waals surface area contributed by atoms with E-state index in [4.69, 9.17) is 21.9 Å². The molecular formula is C42H53FN8O7. The van der Waals surface area contributed by atoms with Gasteiger partial charge in [0.2, 0.25) is 29.5 Å². The van der Waals surface area contributed by atoms with Crippen molar-refractivity contribution in [1.29, 1.82) is 0 Å². The maximum absolute atomic E-state index is 14.4. The number of methoxy groups -OCH3 is 1. The first kappa shape index (κ1) is 45.8. The maximum Gasteiger partial charge on any atom is 0.253 e. The van der Waals surface area contributed by atoms with Crippen molar-refractivity contribution >= 4 is 47.5 Å². The molecule has 0 saturated heterocycles. The predicted octanol–water partition coefficient (Wildman–Crippen LogP) is 2.12. The molecule has 6 amide bonds. The van der Waals surface area contributed by atoms with E-state index in [0.717, 1.165) is 11.8 Å². The van der Waals surface area contributed by atoms with Gasteiger partial charge in [0.25, 0.3) is 5.91 Å². The molecule has 3 aromatic carbocycles. The highest BCUT2D eigenvalue weighted by Crippen LogP contribution is 2.17. The van der Waals surface area contributed by atoms with Crippen LogP contribution in [0.4, 0.5) is 4.39 Å². The van der Waals surface area contributed by atoms with Gasteiger partial charge in [-0.05, 0) is 72.2 Å². The molecule has 0 heterocycles. The van der Waals surface area contributed by atoms with E-state index in [0.29, 0.717) is 28.9 Å². The Labute approximate surface area is 337 Å². The van der Waals surface area contributed by atoms with Crippen LogP contribution in [0.5, 0.6) is 5.75 Å². The van der Waals surface area contributed by atoms with Crippen molar-refractivity contribution in [3.63, 3.8) is 0 Å². The summed E-state index contributed by atoms with van der Waals surface area (Å²) in [7, 11) is 1.50. The third kappa shape index (κ3) is 15.2. The van der Waals surface area contributed by atoms with E-state index in [-0.39, 0.29) is 44.1 Å². The number of hydrogen-bond donors (Lipinski definition) is 6. The molecule has 0 saturated carbocycles. The van der Waals surface area contributed by atoms with Gasteiger partial charge in [-0.15, -0.1) is 0 Å². The molecule has 16 heteroatoms. The second kappa shape index (κ2) is 22.8. The SMILES string of the molecule is COc1ccc(CC(NC(=O)C(Cc2ccc(F)cc2)N(C(C)=O)C(=O)/C=C/c2ccccc2)C(=O)NC(CC(C)C)C(=O)NC(CCCN=C(N)N)C(N)=O)cc1. The van der Waals surface area contributed by atoms with Gasteiger partial charge in [-0.2, -0.15) is 0 Å². The Hall–Kier alpha value is -6.58. The zero-order chi connectivity index (χ0) is 42.8. The molecule has 58 heavy (non-hydrogen) atoms. The average molecular weight is 801 g/mol. The van der Waals surface area contributed by atoms with E-state index in [2.05, 4.69) is 20.9 Å². The Morgan fingerprint density at radius 2 is 1.34 bits per heavy atom. The smallest absolute Gasteiger partial charge is 0.253 e. The van der Waals surface area contributed by atoms with Gasteiger partial charge in [-0.3, -0.25) is 38.7 Å². The zero-order valence-corrected chi connectivity index (χ0v) is 33.2. The van der Waals surface area contributed by atoms with Crippen LogP contribution in [0.2, 0.25) is 0 Å². The van der Waals surface area contributed by atoms with Crippen LogP contribution in [0.25, 0.3) is 6.08 Å². The number of guanidine groups is 1. The van der Waals surface area contributed by atoms with Crippen molar-refractivity contribution in [2.45, 2.75) is 77.0 Å². The fraction of sp³-hybridized carbons (Fsp3) is 0.357. The van der Waals surface area contributed by atoms with Gasteiger partial charge in [0, 0.05) is 32.4 Å². The lowest BCUT2D eigenvalue weighted by Gasteiger charge is -2.30. The minimum absolute atomic E-state index is 0.0858. The van der Waals surface area contributed by atoms with Crippen LogP contribution in [-0.4, -0.2) is 84.1 Å². The first-order chi connectivity index (χ1) is 27.6. The number of imide groups is 1. The van der Waals surface area contributed by atoms with Gasteiger partial charge in [-0.1, -0.05) is 68.4 Å². The van der Waals surface area contributed by atoms with Crippen molar-refractivity contribution in [1.82, 2.24) is 20.9 Å². The summed E-state index contributed by atoms with van der Waals surface area (Å²) in [5.41, 5.74) is 18.0. The molecule has 9 N–H and O–H groups in total. The molecule has 0 bridgehead atoms. The summed E-state index contributed by atoms with van der Waals surface area (Å²) in [4.78, 5) is 86.1. The molecule has 3 rings (SSSR count). The molecule has 15 nitrogen and oxygen atoms in total. The van der Waals surface area contributed by atoms with Gasteiger partial charge in [0.15, 0.2) is 5.96 Å². The summed E-state index contributed by atoms with van der Waals surface area (Å²) in [5, 5.41) is 8.07. The monoisotopic (exact) mass is 800 g/mol. The molecule has 0 aliphatic carbocycles. The number of nitrogens with zero attached hydrogens (tertiary/aromatic N) is 2. The normalized spacial score (nSPS) is 13.1. The van der Waals surface area contributed by atoms with Gasteiger partial charge in [-0.25, -0.2) is 4.39 Å². The molecule has 0 aliphatic rings. The molecule has 0 aromatic heterocycles. The van der Waals surface area contributed by atoms with Crippen LogP contribution in [0, 0.1) is 11.7 Å². The Kier molecular flexibility index (Phi) is 18.0. The van der Waals surface area contributed by atoms with Crippen molar-refractivity contribution < 1.29 is 37.9 Å². The van der Waals surface area contributed by atoms with E-state index in [1.54, 1.807) is 54.6 Å². The fourth-order valence-electron chi connectivity index (χ4n) is 6.00. The Morgan fingerprint density at radius 3 is 1.91 bits per heavy atom. The maximum atomic E-state index is 14.4. The molecule has 0 radical (unpaired) electrons. The van der Waals surface area contributed by atoms with Crippen LogP contribution in [-0.2, 0) is 41.6 Å². The second-order valence-electron chi connectivity index (χ2n) is 14.0. The van der Waals surface area contributed by atoms with E-state index >= 15 is 0 Å². The Balaban J connectivity index is 1.99. The molecule has 0 aliphatic heterocycles. The number of amides is 6. The van der Waals surface area contributed by atoms with Gasteiger partial charge >= 0.3 is 0 Å². The lowest BCUT2D eigenvalue weighted by molar-refractivity contribution is -0.148. The summed E-state index contributed by atoms with van der Waals surface area (Å²) >= 11 is 0. The summed E-state index contributed by atoms with van der Waals surface area (Å²) in [6, 6.07) is 15.7. The predicted molar refractivity (Wildman–Crippen MR) is 218 cm³/mol. The Bertz CT molecular complexity index is 1920. The fourth-order valence-corrected chi connectivity index (χ4v) is 6.00. The van der Waals surface area contributed by atoms with E-state index in [9.17, 15) is 33.2 Å². The number of primary amides is 1. The second-order valence-corrected chi connectivity index (χ2v) is 14.0. The number of halogens is 1. The largest absolute Gasteiger partial charge is 0.497 e. The number of nitrogens with one attached hydrogen (secondary N) is 3. The molecule has 0 fully saturated rings. The molecule has 4 unspecified atom stereocenters. The third-order valence-corrected chi connectivity index (χ3v) is 8.93. The van der Waals surface area contributed by atoms with Crippen LogP contribution in [0.1, 0.15) is 56.7 Å². The van der Waals surface area contributed by atoms with E-state index in [1.807, 2.05) is 13.8 Å². The number of carbonyl (C=O) groups excluding carboxylic acids is 6. The minimum Gasteiger partial charge on any atom is -0.497 e. The number of nitrogens with two attached hydrogens (primary N) is 3. The quantitative estimate of drug-likeness (QED) is 0.0400. The summed E-state index contributed by atoms with van der Waals surface area (Å²) in [5.74, 6) is -4.89. The lowest BCUT2D eigenvalue weighted by atomic mass is 9.99. The number of aliphatic imine (C=N–C) groups is 1. The molecule has 4 atom stereocenters. The lowest BCUT2D eigenvalue weighted by Crippen LogP contribution is -2.59. The number of hydrogen-bond acceptors (Lipinski definition) is 8. The first-order valence-electron chi connectivity index (χ1n) is 18.8. The van der Waals surface area contributed by atoms with E-state index < -0.39 is 65.4 Å². The topological polar surface area (TPSA) is 241 Å². The highest BCUT2D eigenvalue weighted by atomic mass is 19.1. The van der Waals surface area contributed by atoms with Crippen LogP contribution in [0.3, 0.4) is 0 Å². The molecular weight excluding hydrogens is 748 g/mol. The standard InChI is InChI=1S/C42H53FN8O7/c1-26(2)23-34(39(55)48-33(38(44)54)11-8-22-47-42(45)46)49-40(56)35(24-29-14-19-32(58-4)20-15-29)50-41(57)36(25-30-12-17-31(43)18-13-30)51(27(3)52)37(53)21-16-28-9-6-5-7-10-28/h5-7,9-10,12-21,26,33-36H,8,11,22-25H2,1-4H3,(H2,44,54)(H,48,55)(H,49,56)(H,50,57)(H4,45,46,47)/b21-16+. The highest BCUT2D eigenvalue weighted by Gasteiger charge is 2.36. The third-order valence-electron chi connectivity index (χ3n) is 8.93. The van der Waals surface area contributed by atoms with Crippen molar-refractivity contribution in [3.05, 3.63) is 107 Å². The highest BCUT2D eigenvalue weighted by molar-refractivity contribution is 6.06. The van der Waals surface area contributed by atoms with Crippen LogP contribution in [0.15, 0.2) is 89.9 Å². The van der Waals surface area contributed by atoms with Crippen molar-refractivity contribution in [2.24, 2.45) is 28.1 Å². The molecule has 310 valence electrons. The van der Waals surface area contributed by atoms with Crippen LogP contribution < -0.4 is 37.9 Å². The zero-order valence-electron chi connectivity index (χ0n) is 33.2. The van der Waals surface area contributed by atoms with Gasteiger partial charge < -0.3 is 37.9 Å². The summed E-state index contributed by atoms with van der Waals surface area (Å²) in [6.07, 6.45) is 2.95. The average Bonchev–Trinajstić information content (AvgIpc) is 3.18. The van der Waals surface area contributed by atoms with Crippen molar-refractivity contribution in [2.75, 3.05) is 13.7 Å². The van der Waals surface area contributed by atoms with Gasteiger partial charge in [0.05, 0.1) is 7.11 Å². The number of carbonyl (C=O) groups is 6. The van der Waals surface area contributed by atoms with Crippen molar-refractivity contribution in [3.8, 4) is 5.75 Å². The number of rotatable bonds is 21. The number of benzene rings is 3. The van der Waals surface area contributed by atoms with E-state index in [1.165, 1.54) is 43.5 Å². The van der Waals surface area contributed by atoms with Crippen LogP contribution >= 0.6 is 0 Å².